The third-order valence-corrected chi connectivity index (χ3v) is 4.57. The van der Waals surface area contributed by atoms with Crippen LogP contribution in [0, 0.1) is 0 Å². The van der Waals surface area contributed by atoms with Gasteiger partial charge in [0.25, 0.3) is 5.89 Å². The Bertz CT molecular complexity index is 782. The van der Waals surface area contributed by atoms with E-state index in [0.717, 1.165) is 16.1 Å². The number of rotatable bonds is 3. The lowest BCUT2D eigenvalue weighted by molar-refractivity contribution is 0.433. The molecule has 21 heavy (non-hydrogen) atoms. The van der Waals surface area contributed by atoms with Crippen molar-refractivity contribution in [3.05, 3.63) is 39.7 Å². The molecule has 0 fully saturated rings. The van der Waals surface area contributed by atoms with E-state index in [1.165, 1.54) is 11.3 Å². The largest absolute Gasteiger partial charge is 0.376 e. The van der Waals surface area contributed by atoms with Crippen LogP contribution in [0.2, 0.25) is 10.0 Å². The summed E-state index contributed by atoms with van der Waals surface area (Å²) >= 11 is 13.7. The molecule has 0 amide bonds. The fourth-order valence-electron chi connectivity index (χ4n) is 1.87. The molecule has 0 aliphatic rings. The number of hydrogen-bond acceptors (Lipinski definition) is 5. The van der Waals surface area contributed by atoms with Gasteiger partial charge in [-0.05, 0) is 29.6 Å². The van der Waals surface area contributed by atoms with Gasteiger partial charge in [-0.1, -0.05) is 28.4 Å². The summed E-state index contributed by atoms with van der Waals surface area (Å²) in [6.07, 6.45) is 0. The molecule has 0 saturated heterocycles. The predicted octanol–water partition coefficient (Wildman–Crippen LogP) is 4.84. The number of thiophene rings is 1. The molecule has 0 unspecified atom stereocenters. The third kappa shape index (κ3) is 2.77. The molecule has 0 atom stereocenters. The van der Waals surface area contributed by atoms with Gasteiger partial charge >= 0.3 is 0 Å². The van der Waals surface area contributed by atoms with E-state index in [0.29, 0.717) is 21.8 Å². The van der Waals surface area contributed by atoms with Gasteiger partial charge in [0.1, 0.15) is 4.88 Å². The SMILES string of the molecule is CN(C)c1cc(-c2noc(-c3sccc3Cl)n2)ccc1Cl. The van der Waals surface area contributed by atoms with E-state index in [9.17, 15) is 0 Å². The van der Waals surface area contributed by atoms with Crippen LogP contribution in [0.15, 0.2) is 34.2 Å². The van der Waals surface area contributed by atoms with Crippen LogP contribution in [0.4, 0.5) is 5.69 Å². The molecule has 0 saturated carbocycles. The van der Waals surface area contributed by atoms with Gasteiger partial charge in [0, 0.05) is 19.7 Å². The summed E-state index contributed by atoms with van der Waals surface area (Å²) in [5.41, 5.74) is 1.74. The average Bonchev–Trinajstić information content (AvgIpc) is 3.07. The molecule has 0 aliphatic heterocycles. The van der Waals surface area contributed by atoms with E-state index in [2.05, 4.69) is 10.1 Å². The Balaban J connectivity index is 2.01. The smallest absolute Gasteiger partial charge is 0.269 e. The fourth-order valence-corrected chi connectivity index (χ4v) is 3.22. The zero-order chi connectivity index (χ0) is 15.0. The van der Waals surface area contributed by atoms with Crippen LogP contribution in [-0.4, -0.2) is 24.2 Å². The second-order valence-electron chi connectivity index (χ2n) is 4.58. The van der Waals surface area contributed by atoms with Gasteiger partial charge in [-0.2, -0.15) is 4.98 Å². The van der Waals surface area contributed by atoms with E-state index >= 15 is 0 Å². The first kappa shape index (κ1) is 14.4. The van der Waals surface area contributed by atoms with Gasteiger partial charge in [0.05, 0.1) is 15.7 Å². The van der Waals surface area contributed by atoms with Crippen LogP contribution in [-0.2, 0) is 0 Å². The molecule has 0 spiro atoms. The van der Waals surface area contributed by atoms with E-state index in [4.69, 9.17) is 27.7 Å². The van der Waals surface area contributed by atoms with Crippen LogP contribution in [0.1, 0.15) is 0 Å². The molecule has 3 rings (SSSR count). The van der Waals surface area contributed by atoms with Crippen molar-refractivity contribution in [3.8, 4) is 22.2 Å². The highest BCUT2D eigenvalue weighted by Crippen LogP contribution is 2.34. The predicted molar refractivity (Wildman–Crippen MR) is 87.4 cm³/mol. The Morgan fingerprint density at radius 2 is 1.95 bits per heavy atom. The summed E-state index contributed by atoms with van der Waals surface area (Å²) in [7, 11) is 3.86. The van der Waals surface area contributed by atoms with Gasteiger partial charge in [-0.15, -0.1) is 11.3 Å². The van der Waals surface area contributed by atoms with Crippen LogP contribution < -0.4 is 4.90 Å². The zero-order valence-corrected chi connectivity index (χ0v) is 13.6. The van der Waals surface area contributed by atoms with Gasteiger partial charge in [0.2, 0.25) is 5.82 Å². The molecule has 2 heterocycles. The number of anilines is 1. The molecular weight excluding hydrogens is 329 g/mol. The monoisotopic (exact) mass is 339 g/mol. The van der Waals surface area contributed by atoms with E-state index < -0.39 is 0 Å². The number of hydrogen-bond donors (Lipinski definition) is 0. The van der Waals surface area contributed by atoms with Crippen molar-refractivity contribution in [2.24, 2.45) is 0 Å². The summed E-state index contributed by atoms with van der Waals surface area (Å²) < 4.78 is 5.29. The minimum Gasteiger partial charge on any atom is -0.376 e. The lowest BCUT2D eigenvalue weighted by atomic mass is 10.2. The lowest BCUT2D eigenvalue weighted by Crippen LogP contribution is -2.09. The fraction of sp³-hybridized carbons (Fsp3) is 0.143. The molecule has 108 valence electrons. The van der Waals surface area contributed by atoms with Crippen LogP contribution >= 0.6 is 34.5 Å². The highest BCUT2D eigenvalue weighted by atomic mass is 35.5. The molecule has 0 N–H and O–H groups in total. The minimum absolute atomic E-state index is 0.423. The molecule has 4 nitrogen and oxygen atoms in total. The number of aromatic nitrogens is 2. The minimum atomic E-state index is 0.423. The van der Waals surface area contributed by atoms with Gasteiger partial charge in [-0.25, -0.2) is 0 Å². The normalized spacial score (nSPS) is 10.9. The summed E-state index contributed by atoms with van der Waals surface area (Å²) in [6.45, 7) is 0. The summed E-state index contributed by atoms with van der Waals surface area (Å²) in [4.78, 5) is 7.11. The Morgan fingerprint density at radius 1 is 1.14 bits per heavy atom. The Hall–Kier alpha value is -1.56. The maximum Gasteiger partial charge on any atom is 0.269 e. The molecule has 1 aromatic carbocycles. The van der Waals surface area contributed by atoms with Crippen LogP contribution in [0.25, 0.3) is 22.2 Å². The topological polar surface area (TPSA) is 42.2 Å². The second kappa shape index (κ2) is 5.67. The third-order valence-electron chi connectivity index (χ3n) is 2.92. The lowest BCUT2D eigenvalue weighted by Gasteiger charge is -2.14. The number of benzene rings is 1. The van der Waals surface area contributed by atoms with Crippen LogP contribution in [0.5, 0.6) is 0 Å². The summed E-state index contributed by atoms with van der Waals surface area (Å²) in [5, 5.41) is 7.18. The van der Waals surface area contributed by atoms with Crippen molar-refractivity contribution in [2.45, 2.75) is 0 Å². The van der Waals surface area contributed by atoms with Crippen LogP contribution in [0.3, 0.4) is 0 Å². The standard InChI is InChI=1S/C14H11Cl2N3OS/c1-19(2)11-7-8(3-4-9(11)15)13-17-14(20-18-13)12-10(16)5-6-21-12/h3-7H,1-2H3. The molecule has 0 radical (unpaired) electrons. The quantitative estimate of drug-likeness (QED) is 0.684. The average molecular weight is 340 g/mol. The van der Waals surface area contributed by atoms with Gasteiger partial charge in [0.15, 0.2) is 0 Å². The Kier molecular flexibility index (Phi) is 3.89. The van der Waals surface area contributed by atoms with Crippen molar-refractivity contribution < 1.29 is 4.52 Å². The van der Waals surface area contributed by atoms with Crippen molar-refractivity contribution in [1.82, 2.24) is 10.1 Å². The first-order valence-electron chi connectivity index (χ1n) is 6.10. The number of halogens is 2. The molecule has 0 aliphatic carbocycles. The Labute approximate surface area is 135 Å². The van der Waals surface area contributed by atoms with Crippen molar-refractivity contribution in [3.63, 3.8) is 0 Å². The van der Waals surface area contributed by atoms with Crippen molar-refractivity contribution >= 4 is 40.2 Å². The first-order chi connectivity index (χ1) is 10.1. The van der Waals surface area contributed by atoms with Crippen molar-refractivity contribution in [1.29, 1.82) is 0 Å². The van der Waals surface area contributed by atoms with E-state index in [1.54, 1.807) is 6.07 Å². The summed E-state index contributed by atoms with van der Waals surface area (Å²) in [6, 6.07) is 7.41. The molecular formula is C14H11Cl2N3OS. The van der Waals surface area contributed by atoms with Gasteiger partial charge in [-0.3, -0.25) is 0 Å². The molecule has 3 aromatic rings. The Morgan fingerprint density at radius 3 is 2.62 bits per heavy atom. The highest BCUT2D eigenvalue weighted by Gasteiger charge is 2.15. The molecule has 2 aromatic heterocycles. The van der Waals surface area contributed by atoms with Gasteiger partial charge < -0.3 is 9.42 Å². The maximum atomic E-state index is 6.16. The number of nitrogens with zero attached hydrogens (tertiary/aromatic N) is 3. The zero-order valence-electron chi connectivity index (χ0n) is 11.3. The van der Waals surface area contributed by atoms with E-state index in [-0.39, 0.29) is 0 Å². The molecule has 7 heteroatoms. The van der Waals surface area contributed by atoms with Crippen molar-refractivity contribution in [2.75, 3.05) is 19.0 Å². The van der Waals surface area contributed by atoms with E-state index in [1.807, 2.05) is 42.6 Å². The molecule has 0 bridgehead atoms. The summed E-state index contributed by atoms with van der Waals surface area (Å²) in [5.74, 6) is 0.931. The first-order valence-corrected chi connectivity index (χ1v) is 7.74. The second-order valence-corrected chi connectivity index (χ2v) is 6.31. The maximum absolute atomic E-state index is 6.16. The highest BCUT2D eigenvalue weighted by molar-refractivity contribution is 7.14.